The molecule has 1 unspecified atom stereocenters. The van der Waals surface area contributed by atoms with Gasteiger partial charge in [-0.3, -0.25) is 9.69 Å². The molecule has 1 N–H and O–H groups in total. The maximum atomic E-state index is 12.3. The Hall–Kier alpha value is -2.95. The average molecular weight is 401 g/mol. The zero-order valence-electron chi connectivity index (χ0n) is 17.2. The number of hydrogen-bond donors (Lipinski definition) is 1. The molecule has 4 rings (SSSR count). The molecule has 0 spiro atoms. The molecule has 1 heterocycles. The Morgan fingerprint density at radius 3 is 2.30 bits per heavy atom. The first kappa shape index (κ1) is 20.3. The van der Waals surface area contributed by atoms with Crippen molar-refractivity contribution in [2.45, 2.75) is 12.5 Å². The summed E-state index contributed by atoms with van der Waals surface area (Å²) in [5, 5.41) is 3.06. The number of carbonyl (C=O) groups is 1. The zero-order valence-corrected chi connectivity index (χ0v) is 17.2. The van der Waals surface area contributed by atoms with Crippen molar-refractivity contribution in [3.63, 3.8) is 0 Å². The molecule has 1 aliphatic heterocycles. The fourth-order valence-electron chi connectivity index (χ4n) is 3.82. The molecule has 0 saturated carbocycles. The van der Waals surface area contributed by atoms with E-state index in [1.807, 2.05) is 48.5 Å². The molecule has 0 bridgehead atoms. The second-order valence-electron chi connectivity index (χ2n) is 7.66. The summed E-state index contributed by atoms with van der Waals surface area (Å²) in [5.74, 6) is 0.0651. The van der Waals surface area contributed by atoms with Gasteiger partial charge in [0, 0.05) is 26.2 Å². The van der Waals surface area contributed by atoms with Crippen molar-refractivity contribution in [2.75, 3.05) is 32.8 Å². The molecule has 1 fully saturated rings. The van der Waals surface area contributed by atoms with Crippen molar-refractivity contribution in [1.29, 1.82) is 0 Å². The molecule has 154 valence electrons. The topological polar surface area (TPSA) is 41.6 Å². The van der Waals surface area contributed by atoms with Crippen LogP contribution in [0.2, 0.25) is 0 Å². The maximum absolute atomic E-state index is 12.3. The number of ether oxygens (including phenoxy) is 1. The van der Waals surface area contributed by atoms with E-state index in [1.165, 1.54) is 16.7 Å². The summed E-state index contributed by atoms with van der Waals surface area (Å²) in [7, 11) is 0. The highest BCUT2D eigenvalue weighted by molar-refractivity contribution is 5.78. The number of morpholine rings is 1. The molecule has 3 aromatic rings. The van der Waals surface area contributed by atoms with Crippen molar-refractivity contribution < 1.29 is 9.53 Å². The number of carbonyl (C=O) groups excluding carboxylic acids is 1. The normalized spacial score (nSPS) is 16.9. The summed E-state index contributed by atoms with van der Waals surface area (Å²) in [6, 6.07) is 28.8. The molecule has 0 aromatic heterocycles. The summed E-state index contributed by atoms with van der Waals surface area (Å²) in [5.41, 5.74) is 4.60. The Morgan fingerprint density at radius 1 is 0.900 bits per heavy atom. The summed E-state index contributed by atoms with van der Waals surface area (Å²) in [4.78, 5) is 14.7. The first-order valence-electron chi connectivity index (χ1n) is 10.6. The molecule has 1 atom stereocenters. The van der Waals surface area contributed by atoms with Gasteiger partial charge in [-0.15, -0.1) is 0 Å². The van der Waals surface area contributed by atoms with E-state index >= 15 is 0 Å². The van der Waals surface area contributed by atoms with E-state index in [0.29, 0.717) is 13.0 Å². The van der Waals surface area contributed by atoms with E-state index < -0.39 is 0 Å². The second-order valence-corrected chi connectivity index (χ2v) is 7.66. The van der Waals surface area contributed by atoms with Crippen LogP contribution in [0.1, 0.15) is 17.2 Å². The smallest absolute Gasteiger partial charge is 0.224 e. The molecule has 1 saturated heterocycles. The highest BCUT2D eigenvalue weighted by atomic mass is 16.5. The number of rotatable bonds is 7. The zero-order chi connectivity index (χ0) is 20.6. The van der Waals surface area contributed by atoms with E-state index in [9.17, 15) is 4.79 Å². The molecule has 4 heteroatoms. The molecule has 3 aromatic carbocycles. The van der Waals surface area contributed by atoms with Crippen LogP contribution in [0, 0.1) is 0 Å². The minimum atomic E-state index is 0.0651. The Labute approximate surface area is 178 Å². The van der Waals surface area contributed by atoms with Crippen LogP contribution in [0.15, 0.2) is 84.9 Å². The predicted octanol–water partition coefficient (Wildman–Crippen LogP) is 4.09. The standard InChI is InChI=1S/C26H28N2O2/c29-26(19-21-11-13-23(14-12-21)22-7-3-1-4-8-22)27-15-16-28-17-18-30-25(20-28)24-9-5-2-6-10-24/h1-14,25H,15-20H2,(H,27,29). The van der Waals surface area contributed by atoms with Gasteiger partial charge >= 0.3 is 0 Å². The lowest BCUT2D eigenvalue weighted by molar-refractivity contribution is -0.120. The quantitative estimate of drug-likeness (QED) is 0.650. The molecule has 1 amide bonds. The first-order valence-corrected chi connectivity index (χ1v) is 10.6. The van der Waals surface area contributed by atoms with Gasteiger partial charge in [-0.2, -0.15) is 0 Å². The van der Waals surface area contributed by atoms with Gasteiger partial charge in [0.15, 0.2) is 0 Å². The lowest BCUT2D eigenvalue weighted by Gasteiger charge is -2.33. The van der Waals surface area contributed by atoms with Crippen LogP contribution in [0.4, 0.5) is 0 Å². The average Bonchev–Trinajstić information content (AvgIpc) is 2.81. The van der Waals surface area contributed by atoms with Crippen LogP contribution in [-0.2, 0) is 16.0 Å². The van der Waals surface area contributed by atoms with Crippen molar-refractivity contribution in [2.24, 2.45) is 0 Å². The van der Waals surface area contributed by atoms with Crippen LogP contribution >= 0.6 is 0 Å². The summed E-state index contributed by atoms with van der Waals surface area (Å²) in [6.45, 7) is 3.98. The van der Waals surface area contributed by atoms with Gasteiger partial charge in [-0.25, -0.2) is 0 Å². The molecule has 4 nitrogen and oxygen atoms in total. The lowest BCUT2D eigenvalue weighted by Crippen LogP contribution is -2.42. The summed E-state index contributed by atoms with van der Waals surface area (Å²) in [6.07, 6.45) is 0.518. The van der Waals surface area contributed by atoms with E-state index in [1.54, 1.807) is 0 Å². The van der Waals surface area contributed by atoms with Gasteiger partial charge in [-0.1, -0.05) is 84.9 Å². The molecular formula is C26H28N2O2. The van der Waals surface area contributed by atoms with Crippen molar-refractivity contribution >= 4 is 5.91 Å². The molecule has 0 radical (unpaired) electrons. The number of benzene rings is 3. The number of nitrogens with one attached hydrogen (secondary N) is 1. The van der Waals surface area contributed by atoms with Crippen molar-refractivity contribution in [3.8, 4) is 11.1 Å². The SMILES string of the molecule is O=C(Cc1ccc(-c2ccccc2)cc1)NCCN1CCOC(c2ccccc2)C1. The van der Waals surface area contributed by atoms with E-state index in [-0.39, 0.29) is 12.0 Å². The Kier molecular flexibility index (Phi) is 6.91. The third-order valence-corrected chi connectivity index (χ3v) is 5.50. The highest BCUT2D eigenvalue weighted by Gasteiger charge is 2.21. The fourth-order valence-corrected chi connectivity index (χ4v) is 3.82. The van der Waals surface area contributed by atoms with Gasteiger partial charge in [0.25, 0.3) is 0 Å². The largest absolute Gasteiger partial charge is 0.371 e. The van der Waals surface area contributed by atoms with Gasteiger partial charge < -0.3 is 10.1 Å². The van der Waals surface area contributed by atoms with E-state index in [4.69, 9.17) is 4.74 Å². The lowest BCUT2D eigenvalue weighted by atomic mass is 10.0. The molecular weight excluding hydrogens is 372 g/mol. The minimum Gasteiger partial charge on any atom is -0.371 e. The fraction of sp³-hybridized carbons (Fsp3) is 0.269. The van der Waals surface area contributed by atoms with Crippen molar-refractivity contribution in [1.82, 2.24) is 10.2 Å². The van der Waals surface area contributed by atoms with Crippen LogP contribution in [-0.4, -0.2) is 43.6 Å². The van der Waals surface area contributed by atoms with E-state index in [0.717, 1.165) is 31.8 Å². The number of amides is 1. The van der Waals surface area contributed by atoms with Crippen LogP contribution in [0.3, 0.4) is 0 Å². The van der Waals surface area contributed by atoms with Crippen molar-refractivity contribution in [3.05, 3.63) is 96.1 Å². The monoisotopic (exact) mass is 400 g/mol. The van der Waals surface area contributed by atoms with E-state index in [2.05, 4.69) is 46.6 Å². The van der Waals surface area contributed by atoms with Crippen LogP contribution in [0.5, 0.6) is 0 Å². The molecule has 0 aliphatic carbocycles. The Balaban J connectivity index is 1.21. The van der Waals surface area contributed by atoms with Crippen LogP contribution in [0.25, 0.3) is 11.1 Å². The first-order chi connectivity index (χ1) is 14.8. The Bertz CT molecular complexity index is 926. The van der Waals surface area contributed by atoms with Gasteiger partial charge in [0.1, 0.15) is 0 Å². The molecule has 1 aliphatic rings. The van der Waals surface area contributed by atoms with Gasteiger partial charge in [0.05, 0.1) is 19.1 Å². The van der Waals surface area contributed by atoms with Crippen LogP contribution < -0.4 is 5.32 Å². The minimum absolute atomic E-state index is 0.0651. The van der Waals surface area contributed by atoms with Gasteiger partial charge in [-0.05, 0) is 22.3 Å². The third-order valence-electron chi connectivity index (χ3n) is 5.50. The second kappa shape index (κ2) is 10.2. The highest BCUT2D eigenvalue weighted by Crippen LogP contribution is 2.22. The maximum Gasteiger partial charge on any atom is 0.224 e. The molecule has 30 heavy (non-hydrogen) atoms. The number of hydrogen-bond acceptors (Lipinski definition) is 3. The summed E-state index contributed by atoms with van der Waals surface area (Å²) >= 11 is 0. The summed E-state index contributed by atoms with van der Waals surface area (Å²) < 4.78 is 5.91. The Morgan fingerprint density at radius 2 is 1.57 bits per heavy atom. The van der Waals surface area contributed by atoms with Gasteiger partial charge in [0.2, 0.25) is 5.91 Å². The predicted molar refractivity (Wildman–Crippen MR) is 120 cm³/mol. The number of nitrogens with zero attached hydrogens (tertiary/aromatic N) is 1. The third kappa shape index (κ3) is 5.56.